The molecule has 1 aromatic rings. The number of amides is 1. The first-order valence-corrected chi connectivity index (χ1v) is 5.41. The molecule has 6 nitrogen and oxygen atoms in total. The van der Waals surface area contributed by atoms with Crippen molar-refractivity contribution in [1.82, 2.24) is 19.9 Å². The normalized spacial score (nSPS) is 25.8. The molecule has 1 atom stereocenters. The highest BCUT2D eigenvalue weighted by Crippen LogP contribution is 2.20. The minimum absolute atomic E-state index is 0.0227. The molecule has 1 aromatic heterocycles. The topological polar surface area (TPSA) is 71.2 Å². The number of aromatic nitrogens is 3. The van der Waals surface area contributed by atoms with Gasteiger partial charge >= 0.3 is 0 Å². The van der Waals surface area contributed by atoms with E-state index in [2.05, 4.69) is 10.3 Å². The van der Waals surface area contributed by atoms with Gasteiger partial charge in [0.15, 0.2) is 0 Å². The molecule has 0 bridgehead atoms. The highest BCUT2D eigenvalue weighted by atomic mass is 16.3. The largest absolute Gasteiger partial charge is 0.388 e. The number of hydrogen-bond donors (Lipinski definition) is 1. The third-order valence-corrected chi connectivity index (χ3v) is 2.80. The molecule has 0 radical (unpaired) electrons. The molecule has 2 heterocycles. The van der Waals surface area contributed by atoms with Crippen LogP contribution >= 0.6 is 0 Å². The summed E-state index contributed by atoms with van der Waals surface area (Å²) in [5.41, 5.74) is -0.754. The van der Waals surface area contributed by atoms with Crippen LogP contribution in [-0.4, -0.2) is 49.6 Å². The summed E-state index contributed by atoms with van der Waals surface area (Å²) in [7, 11) is 0. The van der Waals surface area contributed by atoms with Gasteiger partial charge in [0.2, 0.25) is 5.91 Å². The van der Waals surface area contributed by atoms with Gasteiger partial charge in [-0.25, -0.2) is 4.68 Å². The van der Waals surface area contributed by atoms with Crippen LogP contribution in [-0.2, 0) is 11.3 Å². The van der Waals surface area contributed by atoms with Crippen LogP contribution in [0.1, 0.15) is 19.8 Å². The van der Waals surface area contributed by atoms with Crippen molar-refractivity contribution in [2.24, 2.45) is 0 Å². The molecule has 0 aromatic carbocycles. The summed E-state index contributed by atoms with van der Waals surface area (Å²) < 4.78 is 1.49. The van der Waals surface area contributed by atoms with Gasteiger partial charge in [0, 0.05) is 19.3 Å². The van der Waals surface area contributed by atoms with E-state index in [1.165, 1.54) is 4.68 Å². The molecular weight excluding hydrogens is 208 g/mol. The van der Waals surface area contributed by atoms with Gasteiger partial charge in [-0.2, -0.15) is 0 Å². The number of hydrogen-bond acceptors (Lipinski definition) is 4. The van der Waals surface area contributed by atoms with E-state index in [0.29, 0.717) is 13.1 Å². The smallest absolute Gasteiger partial charge is 0.244 e. The van der Waals surface area contributed by atoms with E-state index in [0.717, 1.165) is 12.8 Å². The van der Waals surface area contributed by atoms with E-state index in [-0.39, 0.29) is 12.5 Å². The van der Waals surface area contributed by atoms with Crippen molar-refractivity contribution < 1.29 is 9.90 Å². The lowest BCUT2D eigenvalue weighted by Crippen LogP contribution is -2.49. The summed E-state index contributed by atoms with van der Waals surface area (Å²) in [6.07, 6.45) is 4.79. The first-order chi connectivity index (χ1) is 7.57. The van der Waals surface area contributed by atoms with Crippen LogP contribution in [0.2, 0.25) is 0 Å². The van der Waals surface area contributed by atoms with Gasteiger partial charge in [0.05, 0.1) is 11.8 Å². The maximum atomic E-state index is 11.9. The lowest BCUT2D eigenvalue weighted by atomic mass is 9.95. The van der Waals surface area contributed by atoms with Gasteiger partial charge in [-0.15, -0.1) is 5.10 Å². The number of rotatable bonds is 2. The van der Waals surface area contributed by atoms with Gasteiger partial charge in [0.25, 0.3) is 0 Å². The predicted octanol–water partition coefficient (Wildman–Crippen LogP) is -0.349. The monoisotopic (exact) mass is 224 g/mol. The van der Waals surface area contributed by atoms with E-state index in [1.807, 2.05) is 0 Å². The summed E-state index contributed by atoms with van der Waals surface area (Å²) in [4.78, 5) is 13.6. The lowest BCUT2D eigenvalue weighted by molar-refractivity contribution is -0.138. The molecule has 0 aliphatic carbocycles. The zero-order valence-electron chi connectivity index (χ0n) is 9.33. The van der Waals surface area contributed by atoms with Gasteiger partial charge in [0.1, 0.15) is 6.54 Å². The fourth-order valence-corrected chi connectivity index (χ4v) is 1.99. The minimum atomic E-state index is -0.754. The van der Waals surface area contributed by atoms with Crippen molar-refractivity contribution in [2.45, 2.75) is 31.9 Å². The number of nitrogens with zero attached hydrogens (tertiary/aromatic N) is 4. The minimum Gasteiger partial charge on any atom is -0.388 e. The van der Waals surface area contributed by atoms with E-state index in [1.54, 1.807) is 24.2 Å². The zero-order valence-corrected chi connectivity index (χ0v) is 9.33. The van der Waals surface area contributed by atoms with E-state index in [4.69, 9.17) is 0 Å². The molecule has 0 saturated carbocycles. The van der Waals surface area contributed by atoms with Crippen LogP contribution in [0.25, 0.3) is 0 Å². The second-order valence-electron chi connectivity index (χ2n) is 4.52. The predicted molar refractivity (Wildman–Crippen MR) is 56.5 cm³/mol. The molecule has 1 amide bonds. The number of likely N-dealkylation sites (tertiary alicyclic amines) is 1. The fourth-order valence-electron chi connectivity index (χ4n) is 1.99. The summed E-state index contributed by atoms with van der Waals surface area (Å²) in [6.45, 7) is 3.07. The number of carbonyl (C=O) groups excluding carboxylic acids is 1. The Morgan fingerprint density at radius 3 is 3.06 bits per heavy atom. The quantitative estimate of drug-likeness (QED) is 0.745. The number of carbonyl (C=O) groups is 1. The molecule has 88 valence electrons. The van der Waals surface area contributed by atoms with Crippen LogP contribution in [0.15, 0.2) is 12.4 Å². The van der Waals surface area contributed by atoms with Crippen molar-refractivity contribution in [3.63, 3.8) is 0 Å². The summed E-state index contributed by atoms with van der Waals surface area (Å²) in [6, 6.07) is 0. The second kappa shape index (κ2) is 4.21. The van der Waals surface area contributed by atoms with E-state index < -0.39 is 5.60 Å². The average Bonchev–Trinajstić information content (AvgIpc) is 2.69. The molecule has 16 heavy (non-hydrogen) atoms. The average molecular weight is 224 g/mol. The molecular formula is C10H16N4O2. The van der Waals surface area contributed by atoms with Crippen LogP contribution in [0.4, 0.5) is 0 Å². The Bertz CT molecular complexity index is 361. The third kappa shape index (κ3) is 2.57. The number of piperidine rings is 1. The summed E-state index contributed by atoms with van der Waals surface area (Å²) in [5.74, 6) is -0.0227. The fraction of sp³-hybridized carbons (Fsp3) is 0.700. The maximum absolute atomic E-state index is 11.9. The Kier molecular flexibility index (Phi) is 2.91. The standard InChI is InChI=1S/C10H16N4O2/c1-10(16)3-2-5-13(8-10)9(15)7-14-6-4-11-12-14/h4,6,16H,2-3,5,7-8H2,1H3. The van der Waals surface area contributed by atoms with Gasteiger partial charge in [-0.1, -0.05) is 5.21 Å². The zero-order chi connectivity index (χ0) is 11.6. The Balaban J connectivity index is 1.94. The molecule has 1 saturated heterocycles. The van der Waals surface area contributed by atoms with Gasteiger partial charge in [-0.3, -0.25) is 4.79 Å². The molecule has 1 fully saturated rings. The molecule has 1 aliphatic heterocycles. The van der Waals surface area contributed by atoms with Crippen molar-refractivity contribution in [2.75, 3.05) is 13.1 Å². The van der Waals surface area contributed by atoms with E-state index >= 15 is 0 Å². The molecule has 1 unspecified atom stereocenters. The first-order valence-electron chi connectivity index (χ1n) is 5.41. The second-order valence-corrected chi connectivity index (χ2v) is 4.52. The Hall–Kier alpha value is -1.43. The number of aliphatic hydroxyl groups is 1. The first kappa shape index (κ1) is 11.1. The Morgan fingerprint density at radius 2 is 2.44 bits per heavy atom. The lowest BCUT2D eigenvalue weighted by Gasteiger charge is -2.36. The Morgan fingerprint density at radius 1 is 1.62 bits per heavy atom. The molecule has 2 rings (SSSR count). The summed E-state index contributed by atoms with van der Waals surface area (Å²) in [5, 5.41) is 17.3. The van der Waals surface area contributed by atoms with Crippen molar-refractivity contribution >= 4 is 5.91 Å². The van der Waals surface area contributed by atoms with Crippen molar-refractivity contribution in [1.29, 1.82) is 0 Å². The molecule has 1 aliphatic rings. The Labute approximate surface area is 93.9 Å². The third-order valence-electron chi connectivity index (χ3n) is 2.80. The van der Waals surface area contributed by atoms with Crippen LogP contribution in [0, 0.1) is 0 Å². The highest BCUT2D eigenvalue weighted by Gasteiger charge is 2.30. The molecule has 0 spiro atoms. The number of β-amino-alcohol motifs (C(OH)–C–C–N with tert-alkyl or cyclic N) is 1. The molecule has 1 N–H and O–H groups in total. The van der Waals surface area contributed by atoms with E-state index in [9.17, 15) is 9.90 Å². The van der Waals surface area contributed by atoms with Crippen molar-refractivity contribution in [3.8, 4) is 0 Å². The highest BCUT2D eigenvalue weighted by molar-refractivity contribution is 5.76. The van der Waals surface area contributed by atoms with Crippen LogP contribution in [0.3, 0.4) is 0 Å². The van der Waals surface area contributed by atoms with Crippen LogP contribution in [0.5, 0.6) is 0 Å². The van der Waals surface area contributed by atoms with Gasteiger partial charge in [-0.05, 0) is 19.8 Å². The van der Waals surface area contributed by atoms with Crippen molar-refractivity contribution in [3.05, 3.63) is 12.4 Å². The van der Waals surface area contributed by atoms with Crippen LogP contribution < -0.4 is 0 Å². The van der Waals surface area contributed by atoms with Gasteiger partial charge < -0.3 is 10.0 Å². The maximum Gasteiger partial charge on any atom is 0.244 e. The summed E-state index contributed by atoms with van der Waals surface area (Å²) >= 11 is 0. The molecule has 6 heteroatoms. The SMILES string of the molecule is CC1(O)CCCN(C(=O)Cn2ccnn2)C1.